The highest BCUT2D eigenvalue weighted by Gasteiger charge is 2.40. The minimum atomic E-state index is -3.35. The SMILES string of the molecule is CNCc1csc(S(=O)(=O)N2CC3CCCN3CC2C)c1. The minimum Gasteiger partial charge on any atom is -0.316 e. The van der Waals surface area contributed by atoms with Gasteiger partial charge in [-0.1, -0.05) is 0 Å². The molecule has 2 fully saturated rings. The van der Waals surface area contributed by atoms with Gasteiger partial charge in [0.1, 0.15) is 4.21 Å². The largest absolute Gasteiger partial charge is 0.316 e. The number of hydrogen-bond donors (Lipinski definition) is 1. The number of piperazine rings is 1. The summed E-state index contributed by atoms with van der Waals surface area (Å²) in [7, 11) is -1.48. The van der Waals surface area contributed by atoms with Crippen molar-refractivity contribution < 1.29 is 8.42 Å². The highest BCUT2D eigenvalue weighted by Crippen LogP contribution is 2.31. The van der Waals surface area contributed by atoms with Crippen LogP contribution in [0.4, 0.5) is 0 Å². The molecule has 2 unspecified atom stereocenters. The zero-order chi connectivity index (χ0) is 15.0. The Labute approximate surface area is 131 Å². The van der Waals surface area contributed by atoms with Gasteiger partial charge < -0.3 is 5.32 Å². The Hall–Kier alpha value is -0.470. The number of thiophene rings is 1. The lowest BCUT2D eigenvalue weighted by molar-refractivity contribution is 0.117. The molecule has 7 heteroatoms. The molecule has 0 amide bonds. The molecule has 0 aromatic carbocycles. The van der Waals surface area contributed by atoms with Gasteiger partial charge in [-0.3, -0.25) is 4.90 Å². The van der Waals surface area contributed by atoms with Crippen molar-refractivity contribution in [2.24, 2.45) is 0 Å². The summed E-state index contributed by atoms with van der Waals surface area (Å²) in [6.45, 7) is 5.35. The first-order valence-electron chi connectivity index (χ1n) is 7.50. The van der Waals surface area contributed by atoms with E-state index in [0.29, 0.717) is 23.3 Å². The van der Waals surface area contributed by atoms with Crippen molar-refractivity contribution >= 4 is 21.4 Å². The van der Waals surface area contributed by atoms with E-state index < -0.39 is 10.0 Å². The van der Waals surface area contributed by atoms with Gasteiger partial charge in [-0.2, -0.15) is 4.31 Å². The second-order valence-corrected chi connectivity index (χ2v) is 9.05. The molecule has 5 nitrogen and oxygen atoms in total. The Balaban J connectivity index is 1.82. The molecule has 3 heterocycles. The standard InChI is InChI=1S/C14H23N3O2S2/c1-11-8-16-5-3-4-13(16)9-17(11)21(18,19)14-6-12(7-15-2)10-20-14/h6,10-11,13,15H,3-5,7-9H2,1-2H3. The maximum absolute atomic E-state index is 12.9. The molecule has 21 heavy (non-hydrogen) atoms. The van der Waals surface area contributed by atoms with Crippen LogP contribution in [0.2, 0.25) is 0 Å². The third-order valence-corrected chi connectivity index (χ3v) is 7.90. The topological polar surface area (TPSA) is 52.7 Å². The third-order valence-electron chi connectivity index (χ3n) is 4.45. The second kappa shape index (κ2) is 5.96. The predicted octanol–water partition coefficient (Wildman–Crippen LogP) is 1.32. The summed E-state index contributed by atoms with van der Waals surface area (Å²) >= 11 is 1.33. The van der Waals surface area contributed by atoms with E-state index in [4.69, 9.17) is 0 Å². The summed E-state index contributed by atoms with van der Waals surface area (Å²) in [6, 6.07) is 2.27. The third kappa shape index (κ3) is 2.90. The number of sulfonamides is 1. The molecule has 2 saturated heterocycles. The quantitative estimate of drug-likeness (QED) is 0.905. The molecule has 2 aliphatic heterocycles. The summed E-state index contributed by atoms with van der Waals surface area (Å²) in [6.07, 6.45) is 2.31. The Morgan fingerprint density at radius 3 is 3.00 bits per heavy atom. The fraction of sp³-hybridized carbons (Fsp3) is 0.714. The maximum Gasteiger partial charge on any atom is 0.252 e. The molecule has 3 rings (SSSR count). The second-order valence-electron chi connectivity index (χ2n) is 6.02. The lowest BCUT2D eigenvalue weighted by Crippen LogP contribution is -2.56. The van der Waals surface area contributed by atoms with Crippen LogP contribution in [0.15, 0.2) is 15.7 Å². The Morgan fingerprint density at radius 1 is 1.43 bits per heavy atom. The molecule has 0 saturated carbocycles. The molecule has 1 aromatic heterocycles. The highest BCUT2D eigenvalue weighted by atomic mass is 32.2. The average molecular weight is 329 g/mol. The van der Waals surface area contributed by atoms with Gasteiger partial charge in [0.25, 0.3) is 10.0 Å². The molecule has 1 aromatic rings. The minimum absolute atomic E-state index is 0.0548. The summed E-state index contributed by atoms with van der Waals surface area (Å²) in [4.78, 5) is 2.44. The van der Waals surface area contributed by atoms with Crippen LogP contribution in [0.5, 0.6) is 0 Å². The van der Waals surface area contributed by atoms with Crippen molar-refractivity contribution in [3.63, 3.8) is 0 Å². The number of nitrogens with zero attached hydrogens (tertiary/aromatic N) is 2. The summed E-state index contributed by atoms with van der Waals surface area (Å²) in [5.74, 6) is 0. The number of rotatable bonds is 4. The van der Waals surface area contributed by atoms with Crippen molar-refractivity contribution in [3.8, 4) is 0 Å². The van der Waals surface area contributed by atoms with Crippen LogP contribution in [0.1, 0.15) is 25.3 Å². The smallest absolute Gasteiger partial charge is 0.252 e. The van der Waals surface area contributed by atoms with E-state index in [1.165, 1.54) is 17.8 Å². The van der Waals surface area contributed by atoms with Gasteiger partial charge in [-0.05, 0) is 50.4 Å². The van der Waals surface area contributed by atoms with Crippen LogP contribution >= 0.6 is 11.3 Å². The van der Waals surface area contributed by atoms with Gasteiger partial charge in [-0.25, -0.2) is 8.42 Å². The van der Waals surface area contributed by atoms with E-state index in [1.54, 1.807) is 4.31 Å². The molecule has 1 N–H and O–H groups in total. The van der Waals surface area contributed by atoms with Gasteiger partial charge in [0, 0.05) is 31.7 Å². The molecule has 0 radical (unpaired) electrons. The molecule has 2 aliphatic rings. The van der Waals surface area contributed by atoms with E-state index in [0.717, 1.165) is 25.1 Å². The summed E-state index contributed by atoms with van der Waals surface area (Å²) in [5, 5.41) is 4.99. The van der Waals surface area contributed by atoms with Gasteiger partial charge in [-0.15, -0.1) is 11.3 Å². The van der Waals surface area contributed by atoms with Crippen molar-refractivity contribution in [1.29, 1.82) is 0 Å². The van der Waals surface area contributed by atoms with Crippen LogP contribution in [0.3, 0.4) is 0 Å². The van der Waals surface area contributed by atoms with Gasteiger partial charge in [0.05, 0.1) is 0 Å². The van der Waals surface area contributed by atoms with E-state index in [-0.39, 0.29) is 6.04 Å². The van der Waals surface area contributed by atoms with Gasteiger partial charge in [0.15, 0.2) is 0 Å². The number of nitrogens with one attached hydrogen (secondary N) is 1. The lowest BCUT2D eigenvalue weighted by Gasteiger charge is -2.41. The van der Waals surface area contributed by atoms with E-state index in [1.807, 2.05) is 25.4 Å². The lowest BCUT2D eigenvalue weighted by atomic mass is 10.1. The van der Waals surface area contributed by atoms with E-state index >= 15 is 0 Å². The van der Waals surface area contributed by atoms with Gasteiger partial charge in [0.2, 0.25) is 0 Å². The Kier molecular flexibility index (Phi) is 4.38. The highest BCUT2D eigenvalue weighted by molar-refractivity contribution is 7.91. The molecule has 0 aliphatic carbocycles. The van der Waals surface area contributed by atoms with Gasteiger partial charge >= 0.3 is 0 Å². The monoisotopic (exact) mass is 329 g/mol. The number of hydrogen-bond acceptors (Lipinski definition) is 5. The maximum atomic E-state index is 12.9. The Bertz CT molecular complexity index is 599. The summed E-state index contributed by atoms with van der Waals surface area (Å²) in [5.41, 5.74) is 1.04. The van der Waals surface area contributed by atoms with Crippen LogP contribution in [0.25, 0.3) is 0 Å². The normalized spacial score (nSPS) is 27.9. The van der Waals surface area contributed by atoms with Crippen LogP contribution < -0.4 is 5.32 Å². The Morgan fingerprint density at radius 2 is 2.24 bits per heavy atom. The number of fused-ring (bicyclic) bond motifs is 1. The van der Waals surface area contributed by atoms with Crippen molar-refractivity contribution in [2.45, 2.75) is 42.6 Å². The predicted molar refractivity (Wildman–Crippen MR) is 85.0 cm³/mol. The molecule has 2 atom stereocenters. The first-order valence-corrected chi connectivity index (χ1v) is 9.82. The molecular formula is C14H23N3O2S2. The van der Waals surface area contributed by atoms with Crippen molar-refractivity contribution in [3.05, 3.63) is 17.0 Å². The van der Waals surface area contributed by atoms with Crippen molar-refractivity contribution in [1.82, 2.24) is 14.5 Å². The van der Waals surface area contributed by atoms with Crippen molar-refractivity contribution in [2.75, 3.05) is 26.7 Å². The zero-order valence-electron chi connectivity index (χ0n) is 12.6. The first kappa shape index (κ1) is 15.4. The molecule has 0 bridgehead atoms. The van der Waals surface area contributed by atoms with Crippen LogP contribution in [-0.2, 0) is 16.6 Å². The van der Waals surface area contributed by atoms with Crippen LogP contribution in [0, 0.1) is 0 Å². The zero-order valence-corrected chi connectivity index (χ0v) is 14.2. The first-order chi connectivity index (χ1) is 10.0. The molecular weight excluding hydrogens is 306 g/mol. The molecule has 0 spiro atoms. The van der Waals surface area contributed by atoms with E-state index in [2.05, 4.69) is 10.2 Å². The van der Waals surface area contributed by atoms with Crippen LogP contribution in [-0.4, -0.2) is 56.4 Å². The summed E-state index contributed by atoms with van der Waals surface area (Å²) < 4.78 is 28.0. The fourth-order valence-electron chi connectivity index (χ4n) is 3.40. The fourth-order valence-corrected chi connectivity index (χ4v) is 6.39. The molecule has 118 valence electrons. The van der Waals surface area contributed by atoms with E-state index in [9.17, 15) is 8.42 Å². The average Bonchev–Trinajstić information content (AvgIpc) is 3.06.